The summed E-state index contributed by atoms with van der Waals surface area (Å²) in [4.78, 5) is 14.7. The molecular formula is C20H24N4OS. The number of likely N-dealkylation sites (tertiary alicyclic amines) is 1. The van der Waals surface area contributed by atoms with Crippen molar-refractivity contribution in [3.05, 3.63) is 35.9 Å². The van der Waals surface area contributed by atoms with Crippen molar-refractivity contribution >= 4 is 34.2 Å². The van der Waals surface area contributed by atoms with E-state index in [4.69, 9.17) is 0 Å². The van der Waals surface area contributed by atoms with Crippen molar-refractivity contribution in [3.8, 4) is 0 Å². The van der Waals surface area contributed by atoms with Gasteiger partial charge in [0, 0.05) is 18.5 Å². The molecule has 0 N–H and O–H groups in total. The van der Waals surface area contributed by atoms with E-state index >= 15 is 0 Å². The van der Waals surface area contributed by atoms with E-state index in [1.165, 1.54) is 29.1 Å². The Morgan fingerprint density at radius 1 is 1.19 bits per heavy atom. The van der Waals surface area contributed by atoms with Crippen molar-refractivity contribution in [2.45, 2.75) is 32.3 Å². The lowest BCUT2D eigenvalue weighted by Crippen LogP contribution is -2.43. The Morgan fingerprint density at radius 2 is 1.92 bits per heavy atom. The Labute approximate surface area is 157 Å². The van der Waals surface area contributed by atoms with Crippen LogP contribution in [0.4, 0.5) is 0 Å². The Hall–Kier alpha value is -2.08. The van der Waals surface area contributed by atoms with E-state index in [9.17, 15) is 4.79 Å². The second kappa shape index (κ2) is 6.91. The SMILES string of the molecule is Cc1cc2nnc(SCC(=O)N3C[C@@H](C)C[C@H](C)C3)n2c2ccccc12. The third-order valence-electron chi connectivity index (χ3n) is 5.12. The standard InChI is InChI=1S/C20H24N4OS/c1-13-8-14(2)11-23(10-13)19(25)12-26-20-22-21-18-9-15(3)16-6-4-5-7-17(16)24(18)20/h4-7,9,13-14H,8,10-12H2,1-3H3/t13-,14-/m0/s1. The number of benzene rings is 1. The average molecular weight is 369 g/mol. The van der Waals surface area contributed by atoms with Gasteiger partial charge in [-0.25, -0.2) is 0 Å². The number of carbonyl (C=O) groups is 1. The van der Waals surface area contributed by atoms with Gasteiger partial charge >= 0.3 is 0 Å². The molecule has 1 aromatic carbocycles. The van der Waals surface area contributed by atoms with E-state index in [2.05, 4.69) is 53.6 Å². The number of pyridine rings is 1. The fourth-order valence-electron chi connectivity index (χ4n) is 4.05. The highest BCUT2D eigenvalue weighted by atomic mass is 32.2. The average Bonchev–Trinajstić information content (AvgIpc) is 3.02. The van der Waals surface area contributed by atoms with Crippen LogP contribution >= 0.6 is 11.8 Å². The molecular weight excluding hydrogens is 344 g/mol. The highest BCUT2D eigenvalue weighted by Crippen LogP contribution is 2.27. The van der Waals surface area contributed by atoms with E-state index in [0.717, 1.165) is 29.4 Å². The van der Waals surface area contributed by atoms with Crippen molar-refractivity contribution < 1.29 is 4.79 Å². The quantitative estimate of drug-likeness (QED) is 0.660. The van der Waals surface area contributed by atoms with Crippen molar-refractivity contribution in [2.75, 3.05) is 18.8 Å². The van der Waals surface area contributed by atoms with Crippen LogP contribution in [0.5, 0.6) is 0 Å². The molecule has 1 aliphatic heterocycles. The summed E-state index contributed by atoms with van der Waals surface area (Å²) in [5, 5.41) is 10.6. The molecule has 0 saturated carbocycles. The molecule has 1 aliphatic rings. The molecule has 4 rings (SSSR count). The highest BCUT2D eigenvalue weighted by Gasteiger charge is 2.25. The zero-order chi connectivity index (χ0) is 18.3. The number of amides is 1. The second-order valence-corrected chi connectivity index (χ2v) is 8.50. The van der Waals surface area contributed by atoms with Crippen LogP contribution in [0.25, 0.3) is 16.6 Å². The molecule has 0 radical (unpaired) electrons. The number of para-hydroxylation sites is 1. The van der Waals surface area contributed by atoms with Crippen LogP contribution in [-0.4, -0.2) is 44.2 Å². The summed E-state index contributed by atoms with van der Waals surface area (Å²) < 4.78 is 2.06. The Balaban J connectivity index is 1.58. The molecule has 0 aliphatic carbocycles. The normalized spacial score (nSPS) is 20.8. The van der Waals surface area contributed by atoms with Gasteiger partial charge in [-0.2, -0.15) is 0 Å². The first kappa shape index (κ1) is 17.3. The minimum absolute atomic E-state index is 0.196. The maximum absolute atomic E-state index is 12.7. The third kappa shape index (κ3) is 3.18. The number of aromatic nitrogens is 3. The van der Waals surface area contributed by atoms with Gasteiger partial charge in [-0.15, -0.1) is 10.2 Å². The Kier molecular flexibility index (Phi) is 4.61. The fourth-order valence-corrected chi connectivity index (χ4v) is 4.91. The van der Waals surface area contributed by atoms with Gasteiger partial charge < -0.3 is 4.90 Å². The molecule has 26 heavy (non-hydrogen) atoms. The molecule has 5 nitrogen and oxygen atoms in total. The number of aryl methyl sites for hydroxylation is 1. The van der Waals surface area contributed by atoms with Gasteiger partial charge in [0.2, 0.25) is 5.91 Å². The molecule has 3 heterocycles. The van der Waals surface area contributed by atoms with Crippen LogP contribution < -0.4 is 0 Å². The first-order valence-electron chi connectivity index (χ1n) is 9.17. The summed E-state index contributed by atoms with van der Waals surface area (Å²) in [6.45, 7) is 8.28. The predicted octanol–water partition coefficient (Wildman–Crippen LogP) is 3.79. The molecule has 1 fully saturated rings. The Bertz CT molecular complexity index is 957. The molecule has 3 aromatic rings. The van der Waals surface area contributed by atoms with Gasteiger partial charge in [-0.05, 0) is 42.9 Å². The maximum atomic E-state index is 12.7. The number of hydrogen-bond donors (Lipinski definition) is 0. The van der Waals surface area contributed by atoms with Crippen LogP contribution in [0.2, 0.25) is 0 Å². The van der Waals surface area contributed by atoms with E-state index < -0.39 is 0 Å². The molecule has 2 aromatic heterocycles. The van der Waals surface area contributed by atoms with E-state index in [1.807, 2.05) is 17.0 Å². The number of hydrogen-bond acceptors (Lipinski definition) is 4. The number of nitrogens with zero attached hydrogens (tertiary/aromatic N) is 4. The molecule has 1 amide bonds. The lowest BCUT2D eigenvalue weighted by atomic mass is 9.92. The first-order chi connectivity index (χ1) is 12.5. The third-order valence-corrected chi connectivity index (χ3v) is 6.03. The van der Waals surface area contributed by atoms with Crippen molar-refractivity contribution in [1.82, 2.24) is 19.5 Å². The van der Waals surface area contributed by atoms with Crippen LogP contribution in [-0.2, 0) is 4.79 Å². The van der Waals surface area contributed by atoms with Crippen LogP contribution in [0.15, 0.2) is 35.5 Å². The highest BCUT2D eigenvalue weighted by molar-refractivity contribution is 7.99. The zero-order valence-corrected chi connectivity index (χ0v) is 16.3. The fraction of sp³-hybridized carbons (Fsp3) is 0.450. The van der Waals surface area contributed by atoms with Crippen molar-refractivity contribution in [1.29, 1.82) is 0 Å². The summed E-state index contributed by atoms with van der Waals surface area (Å²) in [6.07, 6.45) is 1.21. The van der Waals surface area contributed by atoms with Gasteiger partial charge in [0.1, 0.15) is 0 Å². The summed E-state index contributed by atoms with van der Waals surface area (Å²) in [5.41, 5.74) is 3.10. The van der Waals surface area contributed by atoms with Crippen molar-refractivity contribution in [2.24, 2.45) is 11.8 Å². The van der Waals surface area contributed by atoms with E-state index in [-0.39, 0.29) is 5.91 Å². The molecule has 0 spiro atoms. The maximum Gasteiger partial charge on any atom is 0.233 e. The van der Waals surface area contributed by atoms with Gasteiger partial charge in [-0.3, -0.25) is 9.20 Å². The number of fused-ring (bicyclic) bond motifs is 3. The molecule has 2 atom stereocenters. The zero-order valence-electron chi connectivity index (χ0n) is 15.5. The van der Waals surface area contributed by atoms with Gasteiger partial charge in [-0.1, -0.05) is 43.8 Å². The summed E-state index contributed by atoms with van der Waals surface area (Å²) in [6, 6.07) is 10.3. The smallest absolute Gasteiger partial charge is 0.233 e. The summed E-state index contributed by atoms with van der Waals surface area (Å²) in [5.74, 6) is 1.76. The van der Waals surface area contributed by atoms with E-state index in [1.54, 1.807) is 0 Å². The minimum Gasteiger partial charge on any atom is -0.341 e. The number of thioether (sulfide) groups is 1. The molecule has 136 valence electrons. The monoisotopic (exact) mass is 368 g/mol. The lowest BCUT2D eigenvalue weighted by molar-refractivity contribution is -0.130. The summed E-state index contributed by atoms with van der Waals surface area (Å²) >= 11 is 1.48. The number of carbonyl (C=O) groups excluding carboxylic acids is 1. The van der Waals surface area contributed by atoms with Crippen molar-refractivity contribution in [3.63, 3.8) is 0 Å². The lowest BCUT2D eigenvalue weighted by Gasteiger charge is -2.34. The topological polar surface area (TPSA) is 50.5 Å². The van der Waals surface area contributed by atoms with Gasteiger partial charge in [0.25, 0.3) is 0 Å². The molecule has 6 heteroatoms. The second-order valence-electron chi connectivity index (χ2n) is 7.55. The number of piperidine rings is 1. The Morgan fingerprint density at radius 3 is 2.69 bits per heavy atom. The largest absolute Gasteiger partial charge is 0.341 e. The van der Waals surface area contributed by atoms with E-state index in [0.29, 0.717) is 17.6 Å². The summed E-state index contributed by atoms with van der Waals surface area (Å²) in [7, 11) is 0. The minimum atomic E-state index is 0.196. The predicted molar refractivity (Wildman–Crippen MR) is 105 cm³/mol. The van der Waals surface area contributed by atoms with Gasteiger partial charge in [0.15, 0.2) is 10.8 Å². The number of rotatable bonds is 3. The van der Waals surface area contributed by atoms with Gasteiger partial charge in [0.05, 0.1) is 11.3 Å². The molecule has 1 saturated heterocycles. The first-order valence-corrected chi connectivity index (χ1v) is 10.2. The van der Waals surface area contributed by atoms with Crippen LogP contribution in [0.3, 0.4) is 0 Å². The van der Waals surface area contributed by atoms with Crippen LogP contribution in [0.1, 0.15) is 25.8 Å². The van der Waals surface area contributed by atoms with Crippen LogP contribution in [0, 0.1) is 18.8 Å². The molecule has 0 unspecified atom stereocenters. The molecule has 0 bridgehead atoms.